The minimum atomic E-state index is -0.0137. The number of carbonyl (C=O) groups is 1. The highest BCUT2D eigenvalue weighted by Crippen LogP contribution is 2.26. The first kappa shape index (κ1) is 23.5. The van der Waals surface area contributed by atoms with Gasteiger partial charge in [0, 0.05) is 31.7 Å². The third kappa shape index (κ3) is 5.47. The maximum absolute atomic E-state index is 12.6. The Labute approximate surface area is 201 Å². The zero-order valence-corrected chi connectivity index (χ0v) is 20.4. The molecule has 1 aliphatic heterocycles. The van der Waals surface area contributed by atoms with E-state index < -0.39 is 0 Å². The third-order valence-corrected chi connectivity index (χ3v) is 6.22. The quantitative estimate of drug-likeness (QED) is 0.527. The highest BCUT2D eigenvalue weighted by atomic mass is 16.5. The summed E-state index contributed by atoms with van der Waals surface area (Å²) < 4.78 is 11.1. The van der Waals surface area contributed by atoms with Crippen LogP contribution in [-0.2, 0) is 4.79 Å². The summed E-state index contributed by atoms with van der Waals surface area (Å²) in [5, 5.41) is 8.97. The van der Waals surface area contributed by atoms with Gasteiger partial charge in [-0.2, -0.15) is 0 Å². The van der Waals surface area contributed by atoms with E-state index in [1.807, 2.05) is 48.2 Å². The van der Waals surface area contributed by atoms with Gasteiger partial charge in [0.2, 0.25) is 0 Å². The molecule has 178 valence electrons. The molecule has 2 aromatic carbocycles. The SMILES string of the molecule is CCOc1ccc(OCC(=O)N2CCN(c3ccc(-c4cc(C)c(C)cc4C)nn3)CC2)cc1. The summed E-state index contributed by atoms with van der Waals surface area (Å²) in [4.78, 5) is 16.6. The fourth-order valence-corrected chi connectivity index (χ4v) is 4.09. The largest absolute Gasteiger partial charge is 0.494 e. The summed E-state index contributed by atoms with van der Waals surface area (Å²) in [5.74, 6) is 2.27. The van der Waals surface area contributed by atoms with Crippen molar-refractivity contribution in [2.75, 3.05) is 44.3 Å². The average Bonchev–Trinajstić information content (AvgIpc) is 2.86. The van der Waals surface area contributed by atoms with Crippen LogP contribution >= 0.6 is 0 Å². The molecule has 4 rings (SSSR count). The Balaban J connectivity index is 1.29. The molecule has 0 N–H and O–H groups in total. The monoisotopic (exact) mass is 460 g/mol. The van der Waals surface area contributed by atoms with Crippen molar-refractivity contribution in [1.82, 2.24) is 15.1 Å². The van der Waals surface area contributed by atoms with Crippen molar-refractivity contribution in [3.8, 4) is 22.8 Å². The van der Waals surface area contributed by atoms with Gasteiger partial charge in [0.1, 0.15) is 11.5 Å². The molecule has 0 bridgehead atoms. The van der Waals surface area contributed by atoms with Crippen molar-refractivity contribution in [3.63, 3.8) is 0 Å². The van der Waals surface area contributed by atoms with Crippen molar-refractivity contribution < 1.29 is 14.3 Å². The Morgan fingerprint density at radius 3 is 2.09 bits per heavy atom. The van der Waals surface area contributed by atoms with E-state index in [1.54, 1.807) is 0 Å². The van der Waals surface area contributed by atoms with Crippen LogP contribution in [-0.4, -0.2) is 60.4 Å². The third-order valence-electron chi connectivity index (χ3n) is 6.22. The number of hydrogen-bond donors (Lipinski definition) is 0. The molecular formula is C27H32N4O3. The Morgan fingerprint density at radius 1 is 0.824 bits per heavy atom. The molecule has 0 radical (unpaired) electrons. The molecule has 1 aromatic heterocycles. The summed E-state index contributed by atoms with van der Waals surface area (Å²) in [6, 6.07) is 15.7. The molecule has 0 unspecified atom stereocenters. The number of anilines is 1. The number of aromatic nitrogens is 2. The first-order chi connectivity index (χ1) is 16.4. The zero-order valence-electron chi connectivity index (χ0n) is 20.4. The van der Waals surface area contributed by atoms with E-state index >= 15 is 0 Å². The number of benzene rings is 2. The molecule has 34 heavy (non-hydrogen) atoms. The first-order valence-electron chi connectivity index (χ1n) is 11.7. The van der Waals surface area contributed by atoms with Gasteiger partial charge in [-0.05, 0) is 86.8 Å². The molecule has 3 aromatic rings. The number of ether oxygens (including phenoxy) is 2. The van der Waals surface area contributed by atoms with Crippen LogP contribution in [0.1, 0.15) is 23.6 Å². The van der Waals surface area contributed by atoms with E-state index in [4.69, 9.17) is 9.47 Å². The number of amides is 1. The molecule has 1 saturated heterocycles. The number of nitrogens with zero attached hydrogens (tertiary/aromatic N) is 4. The van der Waals surface area contributed by atoms with Crippen molar-refractivity contribution in [2.45, 2.75) is 27.7 Å². The van der Waals surface area contributed by atoms with E-state index in [2.05, 4.69) is 48.0 Å². The van der Waals surface area contributed by atoms with Gasteiger partial charge in [-0.25, -0.2) is 0 Å². The van der Waals surface area contributed by atoms with Gasteiger partial charge in [0.15, 0.2) is 12.4 Å². The van der Waals surface area contributed by atoms with Gasteiger partial charge in [0.05, 0.1) is 12.3 Å². The van der Waals surface area contributed by atoms with Crippen molar-refractivity contribution in [2.24, 2.45) is 0 Å². The summed E-state index contributed by atoms with van der Waals surface area (Å²) >= 11 is 0. The summed E-state index contributed by atoms with van der Waals surface area (Å²) in [6.45, 7) is 11.6. The van der Waals surface area contributed by atoms with Crippen molar-refractivity contribution >= 4 is 11.7 Å². The number of piperazine rings is 1. The molecule has 2 heterocycles. The van der Waals surface area contributed by atoms with Crippen LogP contribution in [0.15, 0.2) is 48.5 Å². The Morgan fingerprint density at radius 2 is 1.47 bits per heavy atom. The van der Waals surface area contributed by atoms with Crippen LogP contribution in [0, 0.1) is 20.8 Å². The van der Waals surface area contributed by atoms with Gasteiger partial charge in [-0.3, -0.25) is 4.79 Å². The van der Waals surface area contributed by atoms with Gasteiger partial charge in [-0.1, -0.05) is 6.07 Å². The molecule has 1 amide bonds. The van der Waals surface area contributed by atoms with E-state index in [-0.39, 0.29) is 12.5 Å². The number of rotatable bonds is 7. The average molecular weight is 461 g/mol. The second-order valence-electron chi connectivity index (χ2n) is 8.59. The molecule has 7 nitrogen and oxygen atoms in total. The van der Waals surface area contributed by atoms with E-state index in [1.165, 1.54) is 16.7 Å². The molecule has 1 aliphatic rings. The Kier molecular flexibility index (Phi) is 7.30. The molecule has 7 heteroatoms. The molecule has 0 aliphatic carbocycles. The van der Waals surface area contributed by atoms with Crippen LogP contribution in [0.4, 0.5) is 5.82 Å². The van der Waals surface area contributed by atoms with E-state index in [9.17, 15) is 4.79 Å². The maximum Gasteiger partial charge on any atom is 0.260 e. The summed E-state index contributed by atoms with van der Waals surface area (Å²) in [5.41, 5.74) is 5.72. The molecule has 0 saturated carbocycles. The molecule has 0 atom stereocenters. The fraction of sp³-hybridized carbons (Fsp3) is 0.370. The number of carbonyl (C=O) groups excluding carboxylic acids is 1. The van der Waals surface area contributed by atoms with Crippen molar-refractivity contribution in [3.05, 3.63) is 65.2 Å². The Hall–Kier alpha value is -3.61. The topological polar surface area (TPSA) is 67.8 Å². The summed E-state index contributed by atoms with van der Waals surface area (Å²) in [7, 11) is 0. The molecule has 1 fully saturated rings. The smallest absolute Gasteiger partial charge is 0.260 e. The van der Waals surface area contributed by atoms with Crippen LogP contribution in [0.3, 0.4) is 0 Å². The van der Waals surface area contributed by atoms with Crippen molar-refractivity contribution in [1.29, 1.82) is 0 Å². The van der Waals surface area contributed by atoms with Gasteiger partial charge in [-0.15, -0.1) is 10.2 Å². The second kappa shape index (κ2) is 10.5. The van der Waals surface area contributed by atoms with Crippen LogP contribution < -0.4 is 14.4 Å². The lowest BCUT2D eigenvalue weighted by Gasteiger charge is -2.35. The molecular weight excluding hydrogens is 428 g/mol. The maximum atomic E-state index is 12.6. The highest BCUT2D eigenvalue weighted by molar-refractivity contribution is 5.78. The Bertz CT molecular complexity index is 1120. The van der Waals surface area contributed by atoms with Crippen LogP contribution in [0.5, 0.6) is 11.5 Å². The zero-order chi connectivity index (χ0) is 24.1. The predicted octanol–water partition coefficient (Wildman–Crippen LogP) is 4.20. The number of aryl methyl sites for hydroxylation is 3. The second-order valence-corrected chi connectivity index (χ2v) is 8.59. The first-order valence-corrected chi connectivity index (χ1v) is 11.7. The minimum Gasteiger partial charge on any atom is -0.494 e. The standard InChI is InChI=1S/C27H32N4O3/c1-5-33-22-6-8-23(9-7-22)34-18-27(32)31-14-12-30(13-15-31)26-11-10-25(28-29-26)24-17-20(3)19(2)16-21(24)4/h6-11,16-17H,5,12-15,18H2,1-4H3. The lowest BCUT2D eigenvalue weighted by atomic mass is 9.99. The normalized spacial score (nSPS) is 13.6. The van der Waals surface area contributed by atoms with Gasteiger partial charge in [0.25, 0.3) is 5.91 Å². The lowest BCUT2D eigenvalue weighted by Crippen LogP contribution is -2.50. The van der Waals surface area contributed by atoms with E-state index in [0.717, 1.165) is 22.8 Å². The molecule has 0 spiro atoms. The van der Waals surface area contributed by atoms with Gasteiger partial charge < -0.3 is 19.3 Å². The fourth-order valence-electron chi connectivity index (χ4n) is 4.09. The lowest BCUT2D eigenvalue weighted by molar-refractivity contribution is -0.133. The van der Waals surface area contributed by atoms with Gasteiger partial charge >= 0.3 is 0 Å². The van der Waals surface area contributed by atoms with E-state index in [0.29, 0.717) is 38.5 Å². The van der Waals surface area contributed by atoms with Crippen LogP contribution in [0.2, 0.25) is 0 Å². The predicted molar refractivity (Wildman–Crippen MR) is 134 cm³/mol. The summed E-state index contributed by atoms with van der Waals surface area (Å²) in [6.07, 6.45) is 0. The van der Waals surface area contributed by atoms with Crippen LogP contribution in [0.25, 0.3) is 11.3 Å². The highest BCUT2D eigenvalue weighted by Gasteiger charge is 2.22. The minimum absolute atomic E-state index is 0.0137. The number of hydrogen-bond acceptors (Lipinski definition) is 6.